The van der Waals surface area contributed by atoms with Crippen molar-refractivity contribution < 1.29 is 8.81 Å². The van der Waals surface area contributed by atoms with Crippen LogP contribution in [-0.2, 0) is 5.67 Å². The Morgan fingerprint density at radius 1 is 1.80 bits per heavy atom. The van der Waals surface area contributed by atoms with E-state index in [1.807, 2.05) is 0 Å². The third-order valence-corrected chi connectivity index (χ3v) is 1.42. The summed E-state index contributed by atoms with van der Waals surface area (Å²) in [5, 5.41) is 0. The minimum absolute atomic E-state index is 0.0550. The number of alkyl halides is 1. The second kappa shape index (κ2) is 2.42. The predicted molar refractivity (Wildman–Crippen MR) is 36.2 cm³/mol. The Labute approximate surface area is 58.8 Å². The fraction of sp³-hybridized carbons (Fsp3) is 0.429. The summed E-state index contributed by atoms with van der Waals surface area (Å²) < 4.78 is 18.0. The van der Waals surface area contributed by atoms with E-state index in [1.54, 1.807) is 12.1 Å². The molecule has 0 bridgehead atoms. The largest absolute Gasteiger partial charge is 0.466 e. The first-order valence-corrected chi connectivity index (χ1v) is 3.10. The minimum Gasteiger partial charge on any atom is -0.466 e. The maximum Gasteiger partial charge on any atom is 0.177 e. The predicted octanol–water partition coefficient (Wildman–Crippen LogP) is 1.42. The lowest BCUT2D eigenvalue weighted by Gasteiger charge is -2.13. The summed E-state index contributed by atoms with van der Waals surface area (Å²) in [7, 11) is 0. The van der Waals surface area contributed by atoms with Gasteiger partial charge in [0, 0.05) is 6.54 Å². The smallest absolute Gasteiger partial charge is 0.177 e. The van der Waals surface area contributed by atoms with Crippen LogP contribution in [-0.4, -0.2) is 6.54 Å². The monoisotopic (exact) mass is 143 g/mol. The summed E-state index contributed by atoms with van der Waals surface area (Å²) >= 11 is 0. The lowest BCUT2D eigenvalue weighted by Crippen LogP contribution is -2.25. The van der Waals surface area contributed by atoms with Gasteiger partial charge in [-0.3, -0.25) is 0 Å². The van der Waals surface area contributed by atoms with Gasteiger partial charge in [-0.25, -0.2) is 4.39 Å². The van der Waals surface area contributed by atoms with Gasteiger partial charge in [-0.05, 0) is 19.1 Å². The van der Waals surface area contributed by atoms with E-state index in [-0.39, 0.29) is 12.3 Å². The van der Waals surface area contributed by atoms with E-state index in [4.69, 9.17) is 10.2 Å². The molecule has 0 radical (unpaired) electrons. The molecule has 2 N–H and O–H groups in total. The zero-order valence-electron chi connectivity index (χ0n) is 5.80. The molecule has 10 heavy (non-hydrogen) atoms. The second-order valence-electron chi connectivity index (χ2n) is 2.38. The highest BCUT2D eigenvalue weighted by Crippen LogP contribution is 2.23. The topological polar surface area (TPSA) is 39.2 Å². The van der Waals surface area contributed by atoms with Crippen LogP contribution >= 0.6 is 0 Å². The Hall–Kier alpha value is -0.830. The molecular formula is C7H10FNO. The van der Waals surface area contributed by atoms with E-state index in [9.17, 15) is 4.39 Å². The fourth-order valence-corrected chi connectivity index (χ4v) is 0.676. The third-order valence-electron chi connectivity index (χ3n) is 1.42. The molecule has 1 aromatic heterocycles. The van der Waals surface area contributed by atoms with Crippen LogP contribution in [0.4, 0.5) is 4.39 Å². The lowest BCUT2D eigenvalue weighted by molar-refractivity contribution is 0.164. The average Bonchev–Trinajstić information content (AvgIpc) is 2.38. The van der Waals surface area contributed by atoms with E-state index < -0.39 is 5.67 Å². The van der Waals surface area contributed by atoms with Gasteiger partial charge in [0.15, 0.2) is 5.67 Å². The number of nitrogens with two attached hydrogens (primary N) is 1. The van der Waals surface area contributed by atoms with Gasteiger partial charge in [-0.2, -0.15) is 0 Å². The molecule has 3 heteroatoms. The molecule has 56 valence electrons. The van der Waals surface area contributed by atoms with Crippen molar-refractivity contribution in [3.05, 3.63) is 24.2 Å². The average molecular weight is 143 g/mol. The molecule has 1 aromatic rings. The van der Waals surface area contributed by atoms with Gasteiger partial charge < -0.3 is 10.2 Å². The molecule has 0 spiro atoms. The van der Waals surface area contributed by atoms with Crippen molar-refractivity contribution in [3.63, 3.8) is 0 Å². The van der Waals surface area contributed by atoms with E-state index in [1.165, 1.54) is 13.2 Å². The molecule has 1 rings (SSSR count). The Morgan fingerprint density at radius 2 is 2.50 bits per heavy atom. The van der Waals surface area contributed by atoms with Crippen LogP contribution in [0.15, 0.2) is 22.8 Å². The van der Waals surface area contributed by atoms with Gasteiger partial charge in [0.2, 0.25) is 0 Å². The quantitative estimate of drug-likeness (QED) is 0.680. The molecule has 0 saturated carbocycles. The molecule has 0 unspecified atom stereocenters. The normalized spacial score (nSPS) is 16.7. The minimum atomic E-state index is -1.52. The highest BCUT2D eigenvalue weighted by atomic mass is 19.1. The zero-order chi connectivity index (χ0) is 7.61. The molecule has 0 aliphatic rings. The van der Waals surface area contributed by atoms with Crippen LogP contribution in [0, 0.1) is 0 Å². The third kappa shape index (κ3) is 1.19. The second-order valence-corrected chi connectivity index (χ2v) is 2.38. The van der Waals surface area contributed by atoms with Crippen LogP contribution in [0.25, 0.3) is 0 Å². The molecule has 0 aliphatic carbocycles. The molecular weight excluding hydrogens is 133 g/mol. The molecule has 0 fully saturated rings. The van der Waals surface area contributed by atoms with Crippen LogP contribution in [0.5, 0.6) is 0 Å². The van der Waals surface area contributed by atoms with Crippen molar-refractivity contribution in [1.29, 1.82) is 0 Å². The Bertz CT molecular complexity index is 193. The first kappa shape index (κ1) is 7.28. The van der Waals surface area contributed by atoms with E-state index in [0.29, 0.717) is 0 Å². The van der Waals surface area contributed by atoms with E-state index in [0.717, 1.165) is 0 Å². The van der Waals surface area contributed by atoms with Crippen molar-refractivity contribution in [2.24, 2.45) is 5.73 Å². The molecule has 2 nitrogen and oxygen atoms in total. The number of furan rings is 1. The Balaban J connectivity index is 2.85. The lowest BCUT2D eigenvalue weighted by atomic mass is 10.1. The summed E-state index contributed by atoms with van der Waals surface area (Å²) in [4.78, 5) is 0. The number of hydrogen-bond acceptors (Lipinski definition) is 2. The number of rotatable bonds is 2. The standard InChI is InChI=1S/C7H10FNO/c1-7(8,5-9)6-3-2-4-10-6/h2-4H,5,9H2,1H3/t7-/m0/s1. The van der Waals surface area contributed by atoms with Gasteiger partial charge in [0.25, 0.3) is 0 Å². The number of halogens is 1. The van der Waals surface area contributed by atoms with Crippen molar-refractivity contribution >= 4 is 0 Å². The highest BCUT2D eigenvalue weighted by Gasteiger charge is 2.26. The summed E-state index contributed by atoms with van der Waals surface area (Å²) in [6.45, 7) is 1.34. The zero-order valence-corrected chi connectivity index (χ0v) is 5.80. The maximum atomic E-state index is 13.2. The van der Waals surface area contributed by atoms with Crippen LogP contribution in [0.2, 0.25) is 0 Å². The SMILES string of the molecule is C[C@](F)(CN)c1ccco1. The summed E-state index contributed by atoms with van der Waals surface area (Å²) in [6.07, 6.45) is 1.43. The van der Waals surface area contributed by atoms with Crippen LogP contribution in [0.3, 0.4) is 0 Å². The van der Waals surface area contributed by atoms with Crippen molar-refractivity contribution in [2.45, 2.75) is 12.6 Å². The summed E-state index contributed by atoms with van der Waals surface area (Å²) in [5.74, 6) is 0.287. The number of hydrogen-bond donors (Lipinski definition) is 1. The van der Waals surface area contributed by atoms with Crippen molar-refractivity contribution in [2.75, 3.05) is 6.54 Å². The van der Waals surface area contributed by atoms with Gasteiger partial charge in [0.05, 0.1) is 6.26 Å². The van der Waals surface area contributed by atoms with Crippen molar-refractivity contribution in [3.8, 4) is 0 Å². The molecule has 1 heterocycles. The van der Waals surface area contributed by atoms with Crippen LogP contribution in [0.1, 0.15) is 12.7 Å². The van der Waals surface area contributed by atoms with Crippen LogP contribution < -0.4 is 5.73 Å². The molecule has 0 aromatic carbocycles. The molecule has 1 atom stereocenters. The first-order chi connectivity index (χ1) is 4.67. The van der Waals surface area contributed by atoms with Gasteiger partial charge in [-0.15, -0.1) is 0 Å². The van der Waals surface area contributed by atoms with Gasteiger partial charge in [0.1, 0.15) is 5.76 Å². The van der Waals surface area contributed by atoms with Crippen molar-refractivity contribution in [1.82, 2.24) is 0 Å². The summed E-state index contributed by atoms with van der Waals surface area (Å²) in [5.41, 5.74) is 3.64. The maximum absolute atomic E-state index is 13.2. The Kier molecular flexibility index (Phi) is 1.76. The van der Waals surface area contributed by atoms with E-state index in [2.05, 4.69) is 0 Å². The van der Waals surface area contributed by atoms with Gasteiger partial charge in [-0.1, -0.05) is 0 Å². The molecule has 0 amide bonds. The first-order valence-electron chi connectivity index (χ1n) is 3.10. The van der Waals surface area contributed by atoms with E-state index >= 15 is 0 Å². The van der Waals surface area contributed by atoms with Gasteiger partial charge >= 0.3 is 0 Å². The molecule has 0 aliphatic heterocycles. The fourth-order valence-electron chi connectivity index (χ4n) is 0.676. The summed E-state index contributed by atoms with van der Waals surface area (Å²) in [6, 6.07) is 3.22. The molecule has 0 saturated heterocycles. The Morgan fingerprint density at radius 3 is 2.90 bits per heavy atom. The highest BCUT2D eigenvalue weighted by molar-refractivity contribution is 5.08.